The SMILES string of the molecule is CCCNC(=O)c1nn(CC)cc1NC(=O)Cn1nc(C(F)F)c(Cl)c1C1CC1. The monoisotopic (exact) mass is 428 g/mol. The Morgan fingerprint density at radius 1 is 1.31 bits per heavy atom. The van der Waals surface area contributed by atoms with Crippen molar-refractivity contribution in [3.63, 3.8) is 0 Å². The standard InChI is InChI=1S/C18H23ClF2N6O2/c1-3-7-22-18(29)14-11(8-26(4-2)24-14)23-12(28)9-27-16(10-5-6-10)13(19)15(25-27)17(20)21/h8,10,17H,3-7,9H2,1-2H3,(H,22,29)(H,23,28). The number of alkyl halides is 2. The van der Waals surface area contributed by atoms with Gasteiger partial charge in [0.15, 0.2) is 5.69 Å². The lowest BCUT2D eigenvalue weighted by atomic mass is 10.2. The molecule has 0 bridgehead atoms. The van der Waals surface area contributed by atoms with Crippen molar-refractivity contribution in [2.45, 2.75) is 58.5 Å². The van der Waals surface area contributed by atoms with Crippen LogP contribution in [0.15, 0.2) is 6.20 Å². The van der Waals surface area contributed by atoms with Gasteiger partial charge in [-0.15, -0.1) is 0 Å². The molecule has 2 heterocycles. The number of carbonyl (C=O) groups is 2. The molecular formula is C18H23ClF2N6O2. The average molecular weight is 429 g/mol. The quantitative estimate of drug-likeness (QED) is 0.640. The van der Waals surface area contributed by atoms with Gasteiger partial charge in [0.1, 0.15) is 12.2 Å². The van der Waals surface area contributed by atoms with Crippen molar-refractivity contribution in [3.8, 4) is 0 Å². The summed E-state index contributed by atoms with van der Waals surface area (Å²) in [7, 11) is 0. The van der Waals surface area contributed by atoms with Crippen LogP contribution in [-0.2, 0) is 17.9 Å². The summed E-state index contributed by atoms with van der Waals surface area (Å²) in [5, 5.41) is 13.3. The number of hydrogen-bond donors (Lipinski definition) is 2. The van der Waals surface area contributed by atoms with E-state index < -0.39 is 23.9 Å². The van der Waals surface area contributed by atoms with Crippen molar-refractivity contribution in [3.05, 3.63) is 28.3 Å². The van der Waals surface area contributed by atoms with Crippen LogP contribution in [0.3, 0.4) is 0 Å². The zero-order chi connectivity index (χ0) is 21.1. The van der Waals surface area contributed by atoms with Crippen LogP contribution in [0.2, 0.25) is 5.02 Å². The van der Waals surface area contributed by atoms with Crippen molar-refractivity contribution in [2.75, 3.05) is 11.9 Å². The normalized spacial score (nSPS) is 13.7. The van der Waals surface area contributed by atoms with Crippen LogP contribution in [0, 0.1) is 0 Å². The molecular weight excluding hydrogens is 406 g/mol. The number of nitrogens with zero attached hydrogens (tertiary/aromatic N) is 4. The molecule has 1 aliphatic rings. The van der Waals surface area contributed by atoms with E-state index in [2.05, 4.69) is 20.8 Å². The van der Waals surface area contributed by atoms with Crippen LogP contribution in [0.5, 0.6) is 0 Å². The third kappa shape index (κ3) is 4.75. The molecule has 0 aromatic carbocycles. The smallest absolute Gasteiger partial charge is 0.283 e. The van der Waals surface area contributed by atoms with Crippen LogP contribution in [-0.4, -0.2) is 37.9 Å². The predicted molar refractivity (Wildman–Crippen MR) is 103 cm³/mol. The molecule has 8 nitrogen and oxygen atoms in total. The largest absolute Gasteiger partial charge is 0.351 e. The molecule has 1 fully saturated rings. The summed E-state index contributed by atoms with van der Waals surface area (Å²) in [6.45, 7) is 4.49. The predicted octanol–water partition coefficient (Wildman–Crippen LogP) is 3.35. The number of carbonyl (C=O) groups excluding carboxylic acids is 2. The minimum absolute atomic E-state index is 0.0357. The van der Waals surface area contributed by atoms with Crippen molar-refractivity contribution in [2.24, 2.45) is 0 Å². The minimum atomic E-state index is -2.82. The van der Waals surface area contributed by atoms with Crippen LogP contribution >= 0.6 is 11.6 Å². The highest BCUT2D eigenvalue weighted by molar-refractivity contribution is 6.32. The Hall–Kier alpha value is -2.49. The van der Waals surface area contributed by atoms with Crippen molar-refractivity contribution in [1.82, 2.24) is 24.9 Å². The molecule has 11 heteroatoms. The summed E-state index contributed by atoms with van der Waals surface area (Å²) in [5.41, 5.74) is 0.302. The third-order valence-corrected chi connectivity index (χ3v) is 4.92. The fraction of sp³-hybridized carbons (Fsp3) is 0.556. The van der Waals surface area contributed by atoms with E-state index in [1.54, 1.807) is 6.20 Å². The first kappa shape index (κ1) is 21.2. The zero-order valence-electron chi connectivity index (χ0n) is 16.2. The van der Waals surface area contributed by atoms with Crippen LogP contribution < -0.4 is 10.6 Å². The molecule has 3 rings (SSSR count). The first-order chi connectivity index (χ1) is 13.8. The number of nitrogens with one attached hydrogen (secondary N) is 2. The molecule has 1 aliphatic carbocycles. The molecule has 2 aromatic heterocycles. The van der Waals surface area contributed by atoms with E-state index in [0.29, 0.717) is 18.8 Å². The molecule has 29 heavy (non-hydrogen) atoms. The third-order valence-electron chi connectivity index (χ3n) is 4.53. The zero-order valence-corrected chi connectivity index (χ0v) is 17.0. The number of halogens is 3. The number of rotatable bonds is 9. The summed E-state index contributed by atoms with van der Waals surface area (Å²) < 4.78 is 29.1. The second kappa shape index (κ2) is 8.89. The summed E-state index contributed by atoms with van der Waals surface area (Å²) in [6.07, 6.45) is 1.14. The molecule has 0 spiro atoms. The maximum absolute atomic E-state index is 13.2. The maximum Gasteiger partial charge on any atom is 0.283 e. The van der Waals surface area contributed by atoms with E-state index >= 15 is 0 Å². The van der Waals surface area contributed by atoms with Crippen LogP contribution in [0.4, 0.5) is 14.5 Å². The summed E-state index contributed by atoms with van der Waals surface area (Å²) >= 11 is 6.08. The molecule has 0 atom stereocenters. The highest BCUT2D eigenvalue weighted by Gasteiger charge is 2.34. The first-order valence-electron chi connectivity index (χ1n) is 9.55. The van der Waals surface area contributed by atoms with E-state index in [-0.39, 0.29) is 28.9 Å². The van der Waals surface area contributed by atoms with Gasteiger partial charge in [-0.1, -0.05) is 18.5 Å². The Balaban J connectivity index is 1.79. The van der Waals surface area contributed by atoms with Gasteiger partial charge in [-0.25, -0.2) is 8.78 Å². The number of aromatic nitrogens is 4. The second-order valence-electron chi connectivity index (χ2n) is 6.87. The van der Waals surface area contributed by atoms with Crippen molar-refractivity contribution >= 4 is 29.1 Å². The van der Waals surface area contributed by atoms with Crippen molar-refractivity contribution < 1.29 is 18.4 Å². The van der Waals surface area contributed by atoms with Gasteiger partial charge >= 0.3 is 0 Å². The molecule has 2 aromatic rings. The van der Waals surface area contributed by atoms with E-state index in [0.717, 1.165) is 19.3 Å². The van der Waals surface area contributed by atoms with E-state index in [4.69, 9.17) is 11.6 Å². The van der Waals surface area contributed by atoms with Gasteiger partial charge in [-0.05, 0) is 26.2 Å². The molecule has 0 unspecified atom stereocenters. The number of aryl methyl sites for hydroxylation is 1. The van der Waals surface area contributed by atoms with Crippen LogP contribution in [0.1, 0.15) is 67.3 Å². The Kier molecular flexibility index (Phi) is 6.51. The molecule has 1 saturated carbocycles. The number of hydrogen-bond acceptors (Lipinski definition) is 4. The van der Waals surface area contributed by atoms with E-state index in [1.165, 1.54) is 9.36 Å². The topological polar surface area (TPSA) is 93.8 Å². The number of amides is 2. The Labute approximate surface area is 171 Å². The van der Waals surface area contributed by atoms with Gasteiger partial charge in [-0.3, -0.25) is 19.0 Å². The molecule has 0 aliphatic heterocycles. The van der Waals surface area contributed by atoms with Crippen LogP contribution in [0.25, 0.3) is 0 Å². The summed E-state index contributed by atoms with van der Waals surface area (Å²) in [6, 6.07) is 0. The van der Waals surface area contributed by atoms with Gasteiger partial charge < -0.3 is 10.6 Å². The van der Waals surface area contributed by atoms with Gasteiger partial charge in [0.25, 0.3) is 12.3 Å². The van der Waals surface area contributed by atoms with Gasteiger partial charge in [0, 0.05) is 25.2 Å². The Bertz CT molecular complexity index is 907. The summed E-state index contributed by atoms with van der Waals surface area (Å²) in [4.78, 5) is 24.9. The van der Waals surface area contributed by atoms with Crippen molar-refractivity contribution in [1.29, 1.82) is 0 Å². The lowest BCUT2D eigenvalue weighted by Crippen LogP contribution is -2.27. The van der Waals surface area contributed by atoms with Gasteiger partial charge in [0.2, 0.25) is 5.91 Å². The molecule has 0 saturated heterocycles. The van der Waals surface area contributed by atoms with E-state index in [9.17, 15) is 18.4 Å². The molecule has 2 N–H and O–H groups in total. The highest BCUT2D eigenvalue weighted by atomic mass is 35.5. The molecule has 2 amide bonds. The number of anilines is 1. The van der Waals surface area contributed by atoms with E-state index in [1.807, 2.05) is 13.8 Å². The molecule has 158 valence electrons. The fourth-order valence-corrected chi connectivity index (χ4v) is 3.34. The highest BCUT2D eigenvalue weighted by Crippen LogP contribution is 2.45. The fourth-order valence-electron chi connectivity index (χ4n) is 2.97. The van der Waals surface area contributed by atoms with Gasteiger partial charge in [-0.2, -0.15) is 10.2 Å². The molecule has 0 radical (unpaired) electrons. The van der Waals surface area contributed by atoms with Gasteiger partial charge in [0.05, 0.1) is 16.4 Å². The Morgan fingerprint density at radius 2 is 2.03 bits per heavy atom. The second-order valence-corrected chi connectivity index (χ2v) is 7.25. The lowest BCUT2D eigenvalue weighted by Gasteiger charge is -2.08. The lowest BCUT2D eigenvalue weighted by molar-refractivity contribution is -0.117. The maximum atomic E-state index is 13.2. The first-order valence-corrected chi connectivity index (χ1v) is 9.93. The average Bonchev–Trinajstić information content (AvgIpc) is 3.34. The minimum Gasteiger partial charge on any atom is -0.351 e. The Morgan fingerprint density at radius 3 is 2.62 bits per heavy atom. The summed E-state index contributed by atoms with van der Waals surface area (Å²) in [5.74, 6) is -0.865.